The molecule has 3 rings (SSSR count). The van der Waals surface area contributed by atoms with Crippen LogP contribution in [0.15, 0.2) is 35.7 Å². The van der Waals surface area contributed by atoms with Crippen molar-refractivity contribution in [1.82, 2.24) is 14.9 Å². The van der Waals surface area contributed by atoms with Crippen LogP contribution in [0.1, 0.15) is 60.7 Å². The Hall–Kier alpha value is -2.67. The highest BCUT2D eigenvalue weighted by atomic mass is 32.1. The molecule has 2 N–H and O–H groups in total. The third-order valence-electron chi connectivity index (χ3n) is 4.96. The Kier molecular flexibility index (Phi) is 6.14. The maximum atomic E-state index is 12.4. The first-order chi connectivity index (χ1) is 13.4. The predicted molar refractivity (Wildman–Crippen MR) is 111 cm³/mol. The van der Waals surface area contributed by atoms with Gasteiger partial charge < -0.3 is 15.0 Å². The number of hydrogen-bond acceptors (Lipinski definition) is 4. The number of rotatable bonds is 8. The number of hydrogen-bond donors (Lipinski definition) is 2. The van der Waals surface area contributed by atoms with Gasteiger partial charge in [-0.25, -0.2) is 4.98 Å². The molecule has 6 nitrogen and oxygen atoms in total. The quantitative estimate of drug-likeness (QED) is 0.593. The molecule has 0 saturated carbocycles. The number of carboxylic acid groups (broad SMARTS) is 1. The Labute approximate surface area is 168 Å². The van der Waals surface area contributed by atoms with E-state index in [1.165, 1.54) is 11.8 Å². The number of nitrogens with one attached hydrogen (secondary N) is 1. The van der Waals surface area contributed by atoms with Gasteiger partial charge >= 0.3 is 5.97 Å². The van der Waals surface area contributed by atoms with E-state index in [1.54, 1.807) is 23.5 Å². The third kappa shape index (κ3) is 4.09. The number of carboxylic acids is 1. The van der Waals surface area contributed by atoms with Crippen molar-refractivity contribution in [1.29, 1.82) is 0 Å². The molecule has 0 radical (unpaired) electrons. The number of benzene rings is 1. The predicted octanol–water partition coefficient (Wildman–Crippen LogP) is 4.25. The van der Waals surface area contributed by atoms with Gasteiger partial charge in [-0.05, 0) is 49.4 Å². The molecule has 0 spiro atoms. The van der Waals surface area contributed by atoms with Gasteiger partial charge in [-0.15, -0.1) is 11.3 Å². The highest BCUT2D eigenvalue weighted by Crippen LogP contribution is 2.28. The van der Waals surface area contributed by atoms with Crippen LogP contribution in [0.3, 0.4) is 0 Å². The summed E-state index contributed by atoms with van der Waals surface area (Å²) in [6.45, 7) is 5.79. The molecule has 1 atom stereocenters. The van der Waals surface area contributed by atoms with E-state index in [1.807, 2.05) is 12.1 Å². The van der Waals surface area contributed by atoms with Crippen LogP contribution >= 0.6 is 11.3 Å². The molecule has 2 aromatic heterocycles. The summed E-state index contributed by atoms with van der Waals surface area (Å²) >= 11 is 1.71. The second-order valence-corrected chi connectivity index (χ2v) is 7.89. The molecule has 1 aromatic carbocycles. The Morgan fingerprint density at radius 1 is 1.25 bits per heavy atom. The van der Waals surface area contributed by atoms with Crippen molar-refractivity contribution >= 4 is 34.2 Å². The first-order valence-electron chi connectivity index (χ1n) is 9.51. The maximum Gasteiger partial charge on any atom is 0.325 e. The van der Waals surface area contributed by atoms with E-state index in [9.17, 15) is 9.59 Å². The molecule has 28 heavy (non-hydrogen) atoms. The minimum atomic E-state index is -1.06. The summed E-state index contributed by atoms with van der Waals surface area (Å²) in [5, 5.41) is 13.6. The van der Waals surface area contributed by atoms with E-state index in [0.717, 1.165) is 36.1 Å². The van der Waals surface area contributed by atoms with E-state index in [0.29, 0.717) is 11.6 Å². The van der Waals surface area contributed by atoms with Gasteiger partial charge in [0.2, 0.25) is 0 Å². The summed E-state index contributed by atoms with van der Waals surface area (Å²) in [7, 11) is 0. The lowest BCUT2D eigenvalue weighted by Gasteiger charge is -2.19. The first kappa shape index (κ1) is 20.1. The summed E-state index contributed by atoms with van der Waals surface area (Å²) in [6, 6.07) is 8.94. The molecule has 0 aliphatic heterocycles. The molecule has 0 bridgehead atoms. The Morgan fingerprint density at radius 3 is 2.61 bits per heavy atom. The molecule has 1 amide bonds. The molecular formula is C21H25N3O3S. The highest BCUT2D eigenvalue weighted by molar-refractivity contribution is 7.09. The van der Waals surface area contributed by atoms with Crippen LogP contribution in [0.5, 0.6) is 0 Å². The zero-order valence-electron chi connectivity index (χ0n) is 16.3. The van der Waals surface area contributed by atoms with Gasteiger partial charge in [-0.3, -0.25) is 9.59 Å². The lowest BCUT2D eigenvalue weighted by molar-refractivity contribution is -0.138. The number of thiophene rings is 1. The number of amides is 1. The van der Waals surface area contributed by atoms with Crippen molar-refractivity contribution in [3.8, 4) is 0 Å². The van der Waals surface area contributed by atoms with E-state index < -0.39 is 17.9 Å². The van der Waals surface area contributed by atoms with Gasteiger partial charge in [0.15, 0.2) is 0 Å². The smallest absolute Gasteiger partial charge is 0.325 e. The topological polar surface area (TPSA) is 84.2 Å². The van der Waals surface area contributed by atoms with Gasteiger partial charge in [0.25, 0.3) is 5.91 Å². The zero-order chi connectivity index (χ0) is 20.3. The summed E-state index contributed by atoms with van der Waals surface area (Å²) < 4.78 is 2.29. The lowest BCUT2D eigenvalue weighted by Crippen LogP contribution is -2.38. The fourth-order valence-electron chi connectivity index (χ4n) is 3.39. The second-order valence-electron chi connectivity index (χ2n) is 6.86. The molecule has 0 fully saturated rings. The van der Waals surface area contributed by atoms with Crippen LogP contribution < -0.4 is 5.32 Å². The fourth-order valence-corrected chi connectivity index (χ4v) is 4.09. The van der Waals surface area contributed by atoms with Crippen molar-refractivity contribution in [2.75, 3.05) is 0 Å². The van der Waals surface area contributed by atoms with Crippen LogP contribution in [0.2, 0.25) is 0 Å². The maximum absolute atomic E-state index is 12.4. The zero-order valence-corrected chi connectivity index (χ0v) is 17.1. The monoisotopic (exact) mass is 399 g/mol. The number of fused-ring (bicyclic) bond motifs is 1. The molecule has 0 saturated heterocycles. The van der Waals surface area contributed by atoms with E-state index in [-0.39, 0.29) is 0 Å². The van der Waals surface area contributed by atoms with Crippen LogP contribution in [0.25, 0.3) is 11.0 Å². The van der Waals surface area contributed by atoms with E-state index in [2.05, 4.69) is 35.2 Å². The van der Waals surface area contributed by atoms with Crippen molar-refractivity contribution in [2.24, 2.45) is 0 Å². The van der Waals surface area contributed by atoms with Crippen molar-refractivity contribution in [3.05, 3.63) is 52.0 Å². The molecular weight excluding hydrogens is 374 g/mol. The van der Waals surface area contributed by atoms with Gasteiger partial charge in [0.05, 0.1) is 11.0 Å². The second kappa shape index (κ2) is 8.56. The summed E-state index contributed by atoms with van der Waals surface area (Å²) in [5.74, 6) is -0.484. The Bertz CT molecular complexity index is 974. The normalized spacial score (nSPS) is 12.4. The molecule has 1 unspecified atom stereocenters. The number of carbonyl (C=O) groups is 2. The minimum Gasteiger partial charge on any atom is -0.480 e. The largest absolute Gasteiger partial charge is 0.480 e. The SMILES string of the molecule is CCC(CC)n1c(Cc2cccs2)nc2cc(C(=O)NC(C)C(=O)O)ccc21. The highest BCUT2D eigenvalue weighted by Gasteiger charge is 2.20. The van der Waals surface area contributed by atoms with Crippen molar-refractivity contribution in [2.45, 2.75) is 52.1 Å². The fraction of sp³-hybridized carbons (Fsp3) is 0.381. The molecule has 148 valence electrons. The molecule has 7 heteroatoms. The number of imidazole rings is 1. The number of carbonyl (C=O) groups excluding carboxylic acids is 1. The van der Waals surface area contributed by atoms with Crippen LogP contribution in [0.4, 0.5) is 0 Å². The van der Waals surface area contributed by atoms with Gasteiger partial charge in [-0.2, -0.15) is 0 Å². The van der Waals surface area contributed by atoms with Gasteiger partial charge in [0, 0.05) is 22.9 Å². The minimum absolute atomic E-state index is 0.340. The van der Waals surface area contributed by atoms with Crippen molar-refractivity contribution < 1.29 is 14.7 Å². The lowest BCUT2D eigenvalue weighted by atomic mass is 10.1. The van der Waals surface area contributed by atoms with E-state index in [4.69, 9.17) is 10.1 Å². The molecule has 3 aromatic rings. The molecule has 0 aliphatic carbocycles. The van der Waals surface area contributed by atoms with Gasteiger partial charge in [-0.1, -0.05) is 19.9 Å². The summed E-state index contributed by atoms with van der Waals surface area (Å²) in [5.41, 5.74) is 2.18. The third-order valence-corrected chi connectivity index (χ3v) is 5.84. The van der Waals surface area contributed by atoms with E-state index >= 15 is 0 Å². The number of nitrogens with zero attached hydrogens (tertiary/aromatic N) is 2. The van der Waals surface area contributed by atoms with Crippen LogP contribution in [-0.4, -0.2) is 32.6 Å². The summed E-state index contributed by atoms with van der Waals surface area (Å²) in [4.78, 5) is 29.5. The number of aromatic nitrogens is 2. The average molecular weight is 400 g/mol. The van der Waals surface area contributed by atoms with Gasteiger partial charge in [0.1, 0.15) is 11.9 Å². The Balaban J connectivity index is 2.01. The van der Waals surface area contributed by atoms with Crippen molar-refractivity contribution in [3.63, 3.8) is 0 Å². The molecule has 0 aliphatic rings. The van der Waals surface area contributed by atoms with Crippen LogP contribution in [0, 0.1) is 0 Å². The average Bonchev–Trinajstić information content (AvgIpc) is 3.30. The molecule has 2 heterocycles. The Morgan fingerprint density at radius 2 is 2.00 bits per heavy atom. The standard InChI is InChI=1S/C21H25N3O3S/c1-4-15(5-2)24-18-9-8-14(20(25)22-13(3)21(26)27)11-17(18)23-19(24)12-16-7-6-10-28-16/h6-11,13,15H,4-5,12H2,1-3H3,(H,22,25)(H,26,27). The van der Waals surface area contributed by atoms with Crippen LogP contribution in [-0.2, 0) is 11.2 Å². The number of aliphatic carboxylic acids is 1. The first-order valence-corrected chi connectivity index (χ1v) is 10.4. The summed E-state index contributed by atoms with van der Waals surface area (Å²) in [6.07, 6.45) is 2.75.